The quantitative estimate of drug-likeness (QED) is 0.327. The molecule has 2 aromatic rings. The van der Waals surface area contributed by atoms with Crippen molar-refractivity contribution in [3.63, 3.8) is 0 Å². The molecule has 1 atom stereocenters. The van der Waals surface area contributed by atoms with Crippen LogP contribution in [0.5, 0.6) is 0 Å². The zero-order chi connectivity index (χ0) is 20.6. The van der Waals surface area contributed by atoms with E-state index in [0.717, 1.165) is 37.6 Å². The van der Waals surface area contributed by atoms with E-state index < -0.39 is 0 Å². The Morgan fingerprint density at radius 3 is 2.73 bits per heavy atom. The zero-order valence-corrected chi connectivity index (χ0v) is 20.7. The maximum atomic E-state index is 5.89. The van der Waals surface area contributed by atoms with Crippen LogP contribution in [0.2, 0.25) is 0 Å². The first kappa shape index (κ1) is 24.6. The van der Waals surface area contributed by atoms with Crippen molar-refractivity contribution in [1.82, 2.24) is 20.5 Å². The Hall–Kier alpha value is -1.65. The van der Waals surface area contributed by atoms with Crippen molar-refractivity contribution in [3.8, 4) is 11.3 Å². The molecule has 0 spiro atoms. The van der Waals surface area contributed by atoms with E-state index in [1.807, 2.05) is 12.1 Å². The Morgan fingerprint density at radius 2 is 2.03 bits per heavy atom. The van der Waals surface area contributed by atoms with E-state index >= 15 is 0 Å². The van der Waals surface area contributed by atoms with E-state index in [-0.39, 0.29) is 30.1 Å². The number of aliphatic imine (C=N–C) groups is 1. The van der Waals surface area contributed by atoms with Crippen molar-refractivity contribution in [2.75, 3.05) is 39.8 Å². The molecule has 0 amide bonds. The molecule has 0 saturated carbocycles. The molecule has 1 aromatic carbocycles. The molecule has 1 aliphatic heterocycles. The Bertz CT molecular complexity index is 791. The number of guanidine groups is 1. The number of rotatable bonds is 7. The molecular formula is C22H34IN5O2. The molecule has 0 aliphatic carbocycles. The molecule has 2 N–H and O–H groups in total. The first-order valence-corrected chi connectivity index (χ1v) is 10.3. The van der Waals surface area contributed by atoms with Crippen molar-refractivity contribution in [2.24, 2.45) is 10.9 Å². The number of aromatic nitrogens is 1. The largest absolute Gasteiger partial charge is 0.439 e. The predicted molar refractivity (Wildman–Crippen MR) is 131 cm³/mol. The van der Waals surface area contributed by atoms with Crippen molar-refractivity contribution in [2.45, 2.75) is 33.4 Å². The summed E-state index contributed by atoms with van der Waals surface area (Å²) in [4.78, 5) is 11.1. The molecule has 1 fully saturated rings. The smallest absolute Gasteiger partial charge is 0.214 e. The fraction of sp³-hybridized carbons (Fsp3) is 0.545. The third kappa shape index (κ3) is 7.55. The predicted octanol–water partition coefficient (Wildman–Crippen LogP) is 3.29. The number of morpholine rings is 1. The van der Waals surface area contributed by atoms with Crippen LogP contribution in [0.1, 0.15) is 25.3 Å². The van der Waals surface area contributed by atoms with E-state index in [9.17, 15) is 0 Å². The highest BCUT2D eigenvalue weighted by molar-refractivity contribution is 14.0. The van der Waals surface area contributed by atoms with Gasteiger partial charge < -0.3 is 19.8 Å². The van der Waals surface area contributed by atoms with Gasteiger partial charge in [0, 0.05) is 38.8 Å². The van der Waals surface area contributed by atoms with Gasteiger partial charge in [0.1, 0.15) is 0 Å². The number of ether oxygens (including phenoxy) is 1. The van der Waals surface area contributed by atoms with Gasteiger partial charge in [-0.1, -0.05) is 43.7 Å². The van der Waals surface area contributed by atoms with Crippen LogP contribution in [0.4, 0.5) is 0 Å². The van der Waals surface area contributed by atoms with E-state index in [1.54, 1.807) is 13.2 Å². The lowest BCUT2D eigenvalue weighted by Crippen LogP contribution is -2.50. The minimum absolute atomic E-state index is 0. The Kier molecular flexibility index (Phi) is 10.1. The van der Waals surface area contributed by atoms with E-state index in [2.05, 4.69) is 58.4 Å². The molecule has 0 radical (unpaired) electrons. The Balaban J connectivity index is 0.00000320. The number of benzene rings is 1. The molecule has 3 rings (SSSR count). The topological polar surface area (TPSA) is 74.9 Å². The molecule has 1 saturated heterocycles. The van der Waals surface area contributed by atoms with Gasteiger partial charge in [-0.15, -0.1) is 24.0 Å². The fourth-order valence-electron chi connectivity index (χ4n) is 3.42. The number of hydrogen-bond donors (Lipinski definition) is 2. The van der Waals surface area contributed by atoms with Crippen LogP contribution in [0.15, 0.2) is 39.9 Å². The number of halogens is 1. The van der Waals surface area contributed by atoms with Gasteiger partial charge in [0.25, 0.3) is 0 Å². The monoisotopic (exact) mass is 527 g/mol. The average molecular weight is 527 g/mol. The third-order valence-corrected chi connectivity index (χ3v) is 4.86. The summed E-state index contributed by atoms with van der Waals surface area (Å²) in [6.07, 6.45) is 1.92. The second-order valence-corrected chi connectivity index (χ2v) is 7.94. The maximum absolute atomic E-state index is 5.89. The molecule has 30 heavy (non-hydrogen) atoms. The van der Waals surface area contributed by atoms with Gasteiger partial charge in [-0.05, 0) is 12.8 Å². The summed E-state index contributed by atoms with van der Waals surface area (Å²) in [7, 11) is 1.76. The number of nitrogens with one attached hydrogen (secondary N) is 2. The zero-order valence-electron chi connectivity index (χ0n) is 18.4. The van der Waals surface area contributed by atoms with Gasteiger partial charge in [-0.25, -0.2) is 4.98 Å². The molecule has 1 aromatic heterocycles. The van der Waals surface area contributed by atoms with Crippen molar-refractivity contribution in [3.05, 3.63) is 41.9 Å². The first-order chi connectivity index (χ1) is 14.0. The van der Waals surface area contributed by atoms with Crippen LogP contribution < -0.4 is 10.6 Å². The standard InChI is InChI=1S/C22H33N5O2.HI/c1-16(2)14-27-9-10-28-19(15-27)11-25-22(23-4)26-13-21-24-12-20(29-21)18-7-5-17(3)6-8-18;/h5-8,12,16,19H,9-11,13-15H2,1-4H3,(H2,23,25,26);1H. The highest BCUT2D eigenvalue weighted by Crippen LogP contribution is 2.20. The van der Waals surface area contributed by atoms with Gasteiger partial charge in [0.2, 0.25) is 5.89 Å². The molecule has 2 heterocycles. The summed E-state index contributed by atoms with van der Waals surface area (Å²) in [6, 6.07) is 8.22. The van der Waals surface area contributed by atoms with Crippen LogP contribution in [0, 0.1) is 12.8 Å². The van der Waals surface area contributed by atoms with Crippen molar-refractivity contribution in [1.29, 1.82) is 0 Å². The van der Waals surface area contributed by atoms with E-state index in [1.165, 1.54) is 5.56 Å². The summed E-state index contributed by atoms with van der Waals surface area (Å²) < 4.78 is 11.8. The minimum Gasteiger partial charge on any atom is -0.439 e. The summed E-state index contributed by atoms with van der Waals surface area (Å²) in [5, 5.41) is 6.60. The lowest BCUT2D eigenvalue weighted by atomic mass is 10.1. The fourth-order valence-corrected chi connectivity index (χ4v) is 3.42. The molecule has 166 valence electrons. The highest BCUT2D eigenvalue weighted by atomic mass is 127. The van der Waals surface area contributed by atoms with Gasteiger partial charge >= 0.3 is 0 Å². The van der Waals surface area contributed by atoms with E-state index in [4.69, 9.17) is 9.15 Å². The normalized spacial score (nSPS) is 17.6. The number of oxazole rings is 1. The van der Waals surface area contributed by atoms with Gasteiger partial charge in [0.15, 0.2) is 11.7 Å². The maximum Gasteiger partial charge on any atom is 0.214 e. The molecule has 0 bridgehead atoms. The minimum atomic E-state index is 0. The van der Waals surface area contributed by atoms with Crippen molar-refractivity contribution >= 4 is 29.9 Å². The first-order valence-electron chi connectivity index (χ1n) is 10.3. The Labute approximate surface area is 196 Å². The van der Waals surface area contributed by atoms with Crippen LogP contribution >= 0.6 is 24.0 Å². The van der Waals surface area contributed by atoms with Crippen LogP contribution in [0.3, 0.4) is 0 Å². The number of aryl methyl sites for hydroxylation is 1. The lowest BCUT2D eigenvalue weighted by Gasteiger charge is -2.34. The summed E-state index contributed by atoms with van der Waals surface area (Å²) >= 11 is 0. The van der Waals surface area contributed by atoms with Crippen molar-refractivity contribution < 1.29 is 9.15 Å². The van der Waals surface area contributed by atoms with E-state index in [0.29, 0.717) is 30.9 Å². The SMILES string of the molecule is CN=C(NCc1ncc(-c2ccc(C)cc2)o1)NCC1CN(CC(C)C)CCO1.I. The second-order valence-electron chi connectivity index (χ2n) is 7.94. The summed E-state index contributed by atoms with van der Waals surface area (Å²) in [6.45, 7) is 11.6. The number of hydrogen-bond acceptors (Lipinski definition) is 5. The van der Waals surface area contributed by atoms with Gasteiger partial charge in [-0.3, -0.25) is 9.89 Å². The van der Waals surface area contributed by atoms with Gasteiger partial charge in [0.05, 0.1) is 25.5 Å². The van der Waals surface area contributed by atoms with Crippen LogP contribution in [-0.4, -0.2) is 61.8 Å². The molecular weight excluding hydrogens is 493 g/mol. The van der Waals surface area contributed by atoms with Crippen LogP contribution in [0.25, 0.3) is 11.3 Å². The summed E-state index contributed by atoms with van der Waals surface area (Å²) in [5.41, 5.74) is 2.25. The summed E-state index contributed by atoms with van der Waals surface area (Å²) in [5.74, 6) is 2.78. The highest BCUT2D eigenvalue weighted by Gasteiger charge is 2.21. The van der Waals surface area contributed by atoms with Crippen LogP contribution in [-0.2, 0) is 11.3 Å². The molecule has 8 heteroatoms. The van der Waals surface area contributed by atoms with Gasteiger partial charge in [-0.2, -0.15) is 0 Å². The average Bonchev–Trinajstić information content (AvgIpc) is 3.17. The lowest BCUT2D eigenvalue weighted by molar-refractivity contribution is -0.0284. The number of nitrogens with zero attached hydrogens (tertiary/aromatic N) is 3. The second kappa shape index (κ2) is 12.3. The molecule has 7 nitrogen and oxygen atoms in total. The molecule has 1 aliphatic rings. The Morgan fingerprint density at radius 1 is 1.27 bits per heavy atom. The molecule has 1 unspecified atom stereocenters. The third-order valence-electron chi connectivity index (χ3n) is 4.86.